The summed E-state index contributed by atoms with van der Waals surface area (Å²) < 4.78 is 11.1. The fraction of sp³-hybridized carbons (Fsp3) is 0.571. The Balaban J connectivity index is 1.30. The number of nitrogens with zero attached hydrogens (tertiary/aromatic N) is 5. The van der Waals surface area contributed by atoms with Crippen molar-refractivity contribution in [2.75, 3.05) is 59.0 Å². The van der Waals surface area contributed by atoms with Crippen LogP contribution >= 0.6 is 0 Å². The molecule has 1 aromatic heterocycles. The number of amides is 5. The van der Waals surface area contributed by atoms with E-state index in [1.165, 1.54) is 15.9 Å². The standard InChI is InChI=1S/C35H46N6O9/c1-3-49-35(48)40-18-16-39(17-19-40)33(46)25(11-12-31(43)44)37-32(45)27-21-29(24-10-9-23(2)20-26(24)36-27)50-22-30(42)41-15-7-8-28(41)34(47)38-13-5-4-6-14-38/h9-10,20-21,25,28H,3-8,11-19,22H2,1-2H3,(H,37,45)(H,43,44)/t25-,28-/m0/s1. The minimum absolute atomic E-state index is 0.0211. The highest BCUT2D eigenvalue weighted by Crippen LogP contribution is 2.28. The first-order valence-corrected chi connectivity index (χ1v) is 17.4. The van der Waals surface area contributed by atoms with Gasteiger partial charge in [0.1, 0.15) is 23.5 Å². The zero-order valence-electron chi connectivity index (χ0n) is 28.7. The summed E-state index contributed by atoms with van der Waals surface area (Å²) in [4.78, 5) is 88.4. The summed E-state index contributed by atoms with van der Waals surface area (Å²) in [5, 5.41) is 12.6. The van der Waals surface area contributed by atoms with Gasteiger partial charge in [-0.25, -0.2) is 9.78 Å². The van der Waals surface area contributed by atoms with Gasteiger partial charge in [0.25, 0.3) is 11.8 Å². The third-order valence-corrected chi connectivity index (χ3v) is 9.40. The number of fused-ring (bicyclic) bond motifs is 1. The number of pyridine rings is 1. The molecule has 0 radical (unpaired) electrons. The van der Waals surface area contributed by atoms with Gasteiger partial charge in [0, 0.05) is 63.7 Å². The van der Waals surface area contributed by atoms with E-state index in [4.69, 9.17) is 9.47 Å². The maximum atomic E-state index is 13.7. The van der Waals surface area contributed by atoms with Crippen LogP contribution in [-0.4, -0.2) is 136 Å². The number of aliphatic carboxylic acids is 1. The quantitative estimate of drug-likeness (QED) is 0.354. The van der Waals surface area contributed by atoms with Crippen LogP contribution < -0.4 is 10.1 Å². The molecule has 3 fully saturated rings. The van der Waals surface area contributed by atoms with Crippen LogP contribution in [0.4, 0.5) is 4.79 Å². The lowest BCUT2D eigenvalue weighted by Crippen LogP contribution is -2.56. The third kappa shape index (κ3) is 8.79. The number of nitrogens with one attached hydrogen (secondary N) is 1. The van der Waals surface area contributed by atoms with Crippen molar-refractivity contribution < 1.29 is 43.3 Å². The number of piperazine rings is 1. The number of rotatable bonds is 11. The SMILES string of the molecule is CCOC(=O)N1CCN(C(=O)[C@H](CCC(=O)O)NC(=O)c2cc(OCC(=O)N3CCC[C@H]3C(=O)N3CCCCC3)c3ccc(C)cc3n2)CC1. The summed E-state index contributed by atoms with van der Waals surface area (Å²) in [6.07, 6.45) is 3.35. The van der Waals surface area contributed by atoms with Gasteiger partial charge in [0.15, 0.2) is 6.61 Å². The third-order valence-electron chi connectivity index (χ3n) is 9.40. The van der Waals surface area contributed by atoms with Crippen LogP contribution in [0.3, 0.4) is 0 Å². The molecule has 0 unspecified atom stereocenters. The van der Waals surface area contributed by atoms with Gasteiger partial charge >= 0.3 is 12.1 Å². The molecule has 270 valence electrons. The van der Waals surface area contributed by atoms with Crippen LogP contribution in [0.25, 0.3) is 10.9 Å². The summed E-state index contributed by atoms with van der Waals surface area (Å²) in [5.74, 6) is -2.43. The van der Waals surface area contributed by atoms with Crippen molar-refractivity contribution in [3.05, 3.63) is 35.5 Å². The van der Waals surface area contributed by atoms with Crippen molar-refractivity contribution in [3.63, 3.8) is 0 Å². The number of piperidine rings is 1. The molecule has 5 amide bonds. The lowest BCUT2D eigenvalue weighted by Gasteiger charge is -2.35. The van der Waals surface area contributed by atoms with Crippen molar-refractivity contribution in [2.45, 2.75) is 70.9 Å². The van der Waals surface area contributed by atoms with E-state index in [2.05, 4.69) is 10.3 Å². The molecule has 50 heavy (non-hydrogen) atoms. The van der Waals surface area contributed by atoms with E-state index in [9.17, 15) is 33.9 Å². The number of hydrogen-bond acceptors (Lipinski definition) is 9. The van der Waals surface area contributed by atoms with E-state index in [1.54, 1.807) is 24.0 Å². The summed E-state index contributed by atoms with van der Waals surface area (Å²) in [6.45, 7) is 6.17. The smallest absolute Gasteiger partial charge is 0.409 e. The number of carbonyl (C=O) groups is 6. The minimum atomic E-state index is -1.17. The van der Waals surface area contributed by atoms with Crippen molar-refractivity contribution >= 4 is 46.6 Å². The van der Waals surface area contributed by atoms with Crippen LogP contribution in [0.1, 0.15) is 67.9 Å². The molecule has 5 rings (SSSR count). The molecule has 15 heteroatoms. The van der Waals surface area contributed by atoms with Crippen LogP contribution in [0.15, 0.2) is 24.3 Å². The first-order chi connectivity index (χ1) is 24.0. The zero-order chi connectivity index (χ0) is 35.8. The second-order valence-electron chi connectivity index (χ2n) is 12.9. The molecule has 0 spiro atoms. The first-order valence-electron chi connectivity index (χ1n) is 17.4. The van der Waals surface area contributed by atoms with E-state index >= 15 is 0 Å². The van der Waals surface area contributed by atoms with Gasteiger partial charge in [-0.05, 0) is 70.1 Å². The number of carbonyl (C=O) groups excluding carboxylic acids is 5. The van der Waals surface area contributed by atoms with Gasteiger partial charge in [-0.3, -0.25) is 24.0 Å². The predicted molar refractivity (Wildman–Crippen MR) is 180 cm³/mol. The number of benzene rings is 1. The fourth-order valence-electron chi connectivity index (χ4n) is 6.71. The summed E-state index contributed by atoms with van der Waals surface area (Å²) in [6, 6.07) is 5.12. The molecular weight excluding hydrogens is 648 g/mol. The van der Waals surface area contributed by atoms with Gasteiger partial charge < -0.3 is 39.5 Å². The lowest BCUT2D eigenvalue weighted by atomic mass is 10.1. The number of carboxylic acids is 1. The number of carboxylic acid groups (broad SMARTS) is 1. The Morgan fingerprint density at radius 1 is 0.920 bits per heavy atom. The van der Waals surface area contributed by atoms with E-state index in [1.807, 2.05) is 17.9 Å². The highest BCUT2D eigenvalue weighted by Gasteiger charge is 2.37. The maximum Gasteiger partial charge on any atom is 0.409 e. The van der Waals surface area contributed by atoms with Crippen molar-refractivity contribution in [3.8, 4) is 5.75 Å². The maximum absolute atomic E-state index is 13.7. The molecule has 0 aliphatic carbocycles. The summed E-state index contributed by atoms with van der Waals surface area (Å²) in [7, 11) is 0. The van der Waals surface area contributed by atoms with Crippen LogP contribution in [0.2, 0.25) is 0 Å². The van der Waals surface area contributed by atoms with Crippen molar-refractivity contribution in [1.82, 2.24) is 29.9 Å². The second-order valence-corrected chi connectivity index (χ2v) is 12.9. The van der Waals surface area contributed by atoms with Crippen LogP contribution in [-0.2, 0) is 23.9 Å². The Morgan fingerprint density at radius 3 is 2.34 bits per heavy atom. The molecule has 15 nitrogen and oxygen atoms in total. The van der Waals surface area contributed by atoms with Crippen molar-refractivity contribution in [1.29, 1.82) is 0 Å². The number of aryl methyl sites for hydroxylation is 1. The topological polar surface area (TPSA) is 179 Å². The number of likely N-dealkylation sites (tertiary alicyclic amines) is 2. The van der Waals surface area contributed by atoms with Crippen LogP contribution in [0, 0.1) is 6.92 Å². The van der Waals surface area contributed by atoms with Gasteiger partial charge in [-0.2, -0.15) is 0 Å². The minimum Gasteiger partial charge on any atom is -0.483 e. The second kappa shape index (κ2) is 16.6. The van der Waals surface area contributed by atoms with Gasteiger partial charge in [0.05, 0.1) is 12.1 Å². The zero-order valence-corrected chi connectivity index (χ0v) is 28.7. The Hall–Kier alpha value is -4.95. The molecule has 3 aliphatic rings. The molecule has 3 saturated heterocycles. The molecule has 0 bridgehead atoms. The predicted octanol–water partition coefficient (Wildman–Crippen LogP) is 2.19. The summed E-state index contributed by atoms with van der Waals surface area (Å²) >= 11 is 0. The largest absolute Gasteiger partial charge is 0.483 e. The number of hydrogen-bond donors (Lipinski definition) is 2. The molecule has 4 heterocycles. The van der Waals surface area contributed by atoms with Gasteiger partial charge in [-0.15, -0.1) is 0 Å². The molecule has 0 saturated carbocycles. The Morgan fingerprint density at radius 2 is 1.64 bits per heavy atom. The monoisotopic (exact) mass is 694 g/mol. The Bertz CT molecular complexity index is 1600. The molecule has 2 aromatic rings. The fourth-order valence-corrected chi connectivity index (χ4v) is 6.71. The highest BCUT2D eigenvalue weighted by molar-refractivity contribution is 5.99. The molecule has 3 aliphatic heterocycles. The van der Waals surface area contributed by atoms with E-state index in [0.717, 1.165) is 31.2 Å². The van der Waals surface area contributed by atoms with E-state index in [-0.39, 0.29) is 75.5 Å². The molecular formula is C35H46N6O9. The summed E-state index contributed by atoms with van der Waals surface area (Å²) in [5.41, 5.74) is 1.23. The average Bonchev–Trinajstić information content (AvgIpc) is 3.62. The average molecular weight is 695 g/mol. The first kappa shape index (κ1) is 36.3. The highest BCUT2D eigenvalue weighted by atomic mass is 16.6. The van der Waals surface area contributed by atoms with Crippen LogP contribution in [0.5, 0.6) is 5.75 Å². The number of aromatic nitrogens is 1. The molecule has 2 atom stereocenters. The Kier molecular flexibility index (Phi) is 12.1. The normalized spacial score (nSPS) is 18.5. The molecule has 2 N–H and O–H groups in total. The van der Waals surface area contributed by atoms with E-state index in [0.29, 0.717) is 37.0 Å². The number of ether oxygens (including phenoxy) is 2. The lowest BCUT2D eigenvalue weighted by molar-refractivity contribution is -0.145. The molecule has 1 aromatic carbocycles. The van der Waals surface area contributed by atoms with Crippen molar-refractivity contribution in [2.24, 2.45) is 0 Å². The van der Waals surface area contributed by atoms with Gasteiger partial charge in [-0.1, -0.05) is 6.07 Å². The van der Waals surface area contributed by atoms with E-state index < -0.39 is 36.0 Å². The van der Waals surface area contributed by atoms with Gasteiger partial charge in [0.2, 0.25) is 11.8 Å². The Labute approximate surface area is 290 Å².